The number of rotatable bonds is 56. The summed E-state index contributed by atoms with van der Waals surface area (Å²) in [6, 6.07) is 0. The van der Waals surface area contributed by atoms with Gasteiger partial charge in [0.25, 0.3) is 0 Å². The highest BCUT2D eigenvalue weighted by Crippen LogP contribution is 2.14. The number of hydrogen-bond acceptors (Lipinski definition) is 6. The molecule has 0 rings (SSSR count). The van der Waals surface area contributed by atoms with E-state index in [1.54, 1.807) is 6.08 Å². The van der Waals surface area contributed by atoms with Gasteiger partial charge in [0.1, 0.15) is 13.2 Å². The third kappa shape index (κ3) is 63.6. The van der Waals surface area contributed by atoms with E-state index in [1.807, 2.05) is 6.08 Å². The number of carbonyl (C=O) groups excluding carboxylic acids is 3. The molecule has 0 amide bonds. The molecule has 0 radical (unpaired) electrons. The summed E-state index contributed by atoms with van der Waals surface area (Å²) < 4.78 is 16.8. The minimum absolute atomic E-state index is 0.115. The summed E-state index contributed by atoms with van der Waals surface area (Å²) in [6.07, 6.45) is 98.1. The monoisotopic (exact) mass is 1100 g/mol. The molecule has 0 aromatic rings. The van der Waals surface area contributed by atoms with Gasteiger partial charge in [-0.25, -0.2) is 0 Å². The average Bonchev–Trinajstić information content (AvgIpc) is 3.46. The fourth-order valence-electron chi connectivity index (χ4n) is 8.23. The highest BCUT2D eigenvalue weighted by Gasteiger charge is 2.19. The summed E-state index contributed by atoms with van der Waals surface area (Å²) >= 11 is 0. The van der Waals surface area contributed by atoms with Gasteiger partial charge in [-0.3, -0.25) is 14.4 Å². The summed E-state index contributed by atoms with van der Waals surface area (Å²) in [5.74, 6) is -1.08. The van der Waals surface area contributed by atoms with Crippen molar-refractivity contribution in [3.05, 3.63) is 170 Å². The van der Waals surface area contributed by atoms with Crippen molar-refractivity contribution in [3.8, 4) is 0 Å². The molecule has 448 valence electrons. The summed E-state index contributed by atoms with van der Waals surface area (Å²) in [5, 5.41) is 0. The lowest BCUT2D eigenvalue weighted by Gasteiger charge is -2.18. The summed E-state index contributed by atoms with van der Waals surface area (Å²) in [7, 11) is 0. The lowest BCUT2D eigenvalue weighted by Crippen LogP contribution is -2.30. The maximum atomic E-state index is 12.9. The highest BCUT2D eigenvalue weighted by atomic mass is 16.6. The normalized spacial score (nSPS) is 13.3. The summed E-state index contributed by atoms with van der Waals surface area (Å²) in [6.45, 7) is 6.29. The van der Waals surface area contributed by atoms with Gasteiger partial charge < -0.3 is 14.2 Å². The van der Waals surface area contributed by atoms with Gasteiger partial charge in [0.15, 0.2) is 6.10 Å². The highest BCUT2D eigenvalue weighted by molar-refractivity contribution is 5.72. The molecule has 0 fully saturated rings. The van der Waals surface area contributed by atoms with Gasteiger partial charge in [0.05, 0.1) is 6.42 Å². The van der Waals surface area contributed by atoms with E-state index >= 15 is 0 Å². The second-order valence-corrected chi connectivity index (χ2v) is 20.6. The van der Waals surface area contributed by atoms with E-state index in [9.17, 15) is 14.4 Å². The minimum Gasteiger partial charge on any atom is -0.462 e. The van der Waals surface area contributed by atoms with Crippen LogP contribution >= 0.6 is 0 Å². The lowest BCUT2D eigenvalue weighted by molar-refractivity contribution is -0.166. The third-order valence-corrected chi connectivity index (χ3v) is 13.0. The summed E-state index contributed by atoms with van der Waals surface area (Å²) in [5.41, 5.74) is 0. The molecular weight excluding hydrogens is 985 g/mol. The van der Waals surface area contributed by atoms with Crippen LogP contribution < -0.4 is 0 Å². The SMILES string of the molecule is CC/C=C\C/C=C\C/C=C\C/C=C\C/C=C\C/C=C\C/C=C\CCCCCCCCCC(=O)OCC(COC(=O)C/C=C\C/C=C\C/C=C\C/C=C\C/C=C\CC)OC(=O)CCCCCCCCC/C=C\C/C=C\CCCCCC. The minimum atomic E-state index is -0.837. The van der Waals surface area contributed by atoms with Crippen molar-refractivity contribution >= 4 is 17.9 Å². The molecule has 0 aromatic heterocycles. The molecule has 0 heterocycles. The number of hydrogen-bond donors (Lipinski definition) is 0. The van der Waals surface area contributed by atoms with Gasteiger partial charge in [-0.15, -0.1) is 0 Å². The van der Waals surface area contributed by atoms with Crippen molar-refractivity contribution < 1.29 is 28.6 Å². The largest absolute Gasteiger partial charge is 0.462 e. The van der Waals surface area contributed by atoms with E-state index in [1.165, 1.54) is 70.6 Å². The maximum absolute atomic E-state index is 12.9. The Kier molecular flexibility index (Phi) is 61.9. The van der Waals surface area contributed by atoms with Crippen LogP contribution in [-0.4, -0.2) is 37.2 Å². The first kappa shape index (κ1) is 74.8. The van der Waals surface area contributed by atoms with E-state index in [2.05, 4.69) is 179 Å². The van der Waals surface area contributed by atoms with Crippen molar-refractivity contribution in [2.24, 2.45) is 0 Å². The number of carbonyl (C=O) groups is 3. The van der Waals surface area contributed by atoms with E-state index < -0.39 is 12.1 Å². The number of ether oxygens (including phenoxy) is 3. The lowest BCUT2D eigenvalue weighted by atomic mass is 10.1. The number of allylic oxidation sites excluding steroid dienone is 27. The second kappa shape index (κ2) is 66.3. The van der Waals surface area contributed by atoms with Crippen LogP contribution in [-0.2, 0) is 28.6 Å². The smallest absolute Gasteiger partial charge is 0.309 e. The molecule has 0 N–H and O–H groups in total. The van der Waals surface area contributed by atoms with Gasteiger partial charge in [0.2, 0.25) is 0 Å². The quantitative estimate of drug-likeness (QED) is 0.0261. The van der Waals surface area contributed by atoms with Gasteiger partial charge in [-0.2, -0.15) is 0 Å². The predicted molar refractivity (Wildman–Crippen MR) is 348 cm³/mol. The molecule has 0 aromatic carbocycles. The Morgan fingerprint density at radius 2 is 0.537 bits per heavy atom. The van der Waals surface area contributed by atoms with Crippen molar-refractivity contribution in [2.45, 2.75) is 264 Å². The predicted octanol–water partition coefficient (Wildman–Crippen LogP) is 22.3. The molecule has 0 saturated heterocycles. The van der Waals surface area contributed by atoms with Crippen LogP contribution in [0.15, 0.2) is 170 Å². The Hall–Kier alpha value is -5.23. The van der Waals surface area contributed by atoms with Gasteiger partial charge in [0, 0.05) is 12.8 Å². The van der Waals surface area contributed by atoms with Crippen molar-refractivity contribution in [1.82, 2.24) is 0 Å². The number of esters is 3. The van der Waals surface area contributed by atoms with E-state index in [-0.39, 0.29) is 38.0 Å². The molecule has 6 heteroatoms. The van der Waals surface area contributed by atoms with E-state index in [0.717, 1.165) is 148 Å². The average molecular weight is 1100 g/mol. The maximum Gasteiger partial charge on any atom is 0.309 e. The molecule has 0 saturated carbocycles. The van der Waals surface area contributed by atoms with Crippen molar-refractivity contribution in [2.75, 3.05) is 13.2 Å². The first-order valence-electron chi connectivity index (χ1n) is 32.1. The molecule has 0 aliphatic rings. The van der Waals surface area contributed by atoms with Crippen LogP contribution in [0.4, 0.5) is 0 Å². The Morgan fingerprint density at radius 1 is 0.275 bits per heavy atom. The van der Waals surface area contributed by atoms with E-state index in [0.29, 0.717) is 6.42 Å². The number of unbranched alkanes of at least 4 members (excludes halogenated alkanes) is 18. The Labute approximate surface area is 492 Å². The molecule has 0 bridgehead atoms. The summed E-state index contributed by atoms with van der Waals surface area (Å²) in [4.78, 5) is 38.3. The zero-order chi connectivity index (χ0) is 57.8. The first-order valence-corrected chi connectivity index (χ1v) is 32.1. The molecular formula is C74H116O6. The molecule has 0 spiro atoms. The van der Waals surface area contributed by atoms with Crippen LogP contribution in [0.25, 0.3) is 0 Å². The van der Waals surface area contributed by atoms with Gasteiger partial charge in [-0.05, 0) is 135 Å². The fraction of sp³-hybridized carbons (Fsp3) is 0.581. The molecule has 1 unspecified atom stereocenters. The topological polar surface area (TPSA) is 78.9 Å². The van der Waals surface area contributed by atoms with Crippen LogP contribution in [0.5, 0.6) is 0 Å². The van der Waals surface area contributed by atoms with E-state index in [4.69, 9.17) is 14.2 Å². The molecule has 0 aliphatic heterocycles. The molecule has 6 nitrogen and oxygen atoms in total. The molecule has 80 heavy (non-hydrogen) atoms. The third-order valence-electron chi connectivity index (χ3n) is 13.0. The second-order valence-electron chi connectivity index (χ2n) is 20.6. The van der Waals surface area contributed by atoms with Gasteiger partial charge >= 0.3 is 17.9 Å². The molecule has 1 atom stereocenters. The molecule has 0 aliphatic carbocycles. The standard InChI is InChI=1S/C74H116O6/c1-4-7-10-13-16-19-22-25-28-30-32-33-34-35-36-37-38-39-40-41-42-44-46-49-52-55-58-61-64-67-73(76)79-70-71(69-78-72(75)66-63-60-57-54-51-48-45-27-24-21-18-15-12-9-6-3)80-74(77)68-65-62-59-56-53-50-47-43-31-29-26-23-20-17-14-11-8-5-2/h7,9-10,12,16,18-21,23,25,27-29,31-33,35-36,38-39,41-42,45,51,54,60,63,71H,4-6,8,11,13-15,17,22,24,26,30,34,37,40,43-44,46-50,52-53,55-59,61-62,64-70H2,1-3H3/b10-7-,12-9-,19-16-,21-18-,23-20-,28-25-,31-29-,33-32-,36-35-,39-38-,42-41-,45-27-,54-51-,63-60-. The van der Waals surface area contributed by atoms with Crippen molar-refractivity contribution in [1.29, 1.82) is 0 Å². The first-order chi connectivity index (χ1) is 39.5. The van der Waals surface area contributed by atoms with Crippen LogP contribution in [0.3, 0.4) is 0 Å². The zero-order valence-electron chi connectivity index (χ0n) is 51.3. The van der Waals surface area contributed by atoms with Crippen LogP contribution in [0, 0.1) is 0 Å². The van der Waals surface area contributed by atoms with Crippen LogP contribution in [0.1, 0.15) is 258 Å². The van der Waals surface area contributed by atoms with Gasteiger partial charge in [-0.1, -0.05) is 274 Å². The van der Waals surface area contributed by atoms with Crippen LogP contribution in [0.2, 0.25) is 0 Å². The Balaban J connectivity index is 4.46. The fourth-order valence-corrected chi connectivity index (χ4v) is 8.23. The van der Waals surface area contributed by atoms with Crippen molar-refractivity contribution in [3.63, 3.8) is 0 Å². The Bertz CT molecular complexity index is 1840. The zero-order valence-corrected chi connectivity index (χ0v) is 51.3. The Morgan fingerprint density at radius 3 is 0.875 bits per heavy atom.